The Morgan fingerprint density at radius 2 is 1.48 bits per heavy atom. The van der Waals surface area contributed by atoms with Gasteiger partial charge in [-0.25, -0.2) is 19.4 Å². The minimum atomic E-state index is -5.08. The van der Waals surface area contributed by atoms with Gasteiger partial charge in [-0.2, -0.15) is 13.2 Å². The van der Waals surface area contributed by atoms with E-state index in [0.717, 1.165) is 49.2 Å². The molecule has 3 aromatic carbocycles. The molecule has 1 aromatic heterocycles. The van der Waals surface area contributed by atoms with Crippen LogP contribution in [0.3, 0.4) is 0 Å². The van der Waals surface area contributed by atoms with E-state index >= 15 is 0 Å². The number of aliphatic carboxylic acids is 1. The van der Waals surface area contributed by atoms with Crippen molar-refractivity contribution in [1.82, 2.24) is 15.2 Å². The molecule has 1 heterocycles. The van der Waals surface area contributed by atoms with Gasteiger partial charge in [-0.3, -0.25) is 14.1 Å². The van der Waals surface area contributed by atoms with E-state index in [-0.39, 0.29) is 37.7 Å². The van der Waals surface area contributed by atoms with Gasteiger partial charge in [0.25, 0.3) is 0 Å². The number of halogens is 6. The number of amides is 3. The minimum absolute atomic E-state index is 0. The Labute approximate surface area is 319 Å². The molecule has 0 radical (unpaired) electrons. The van der Waals surface area contributed by atoms with Crippen molar-refractivity contribution < 1.29 is 71.6 Å². The van der Waals surface area contributed by atoms with Crippen molar-refractivity contribution in [3.63, 3.8) is 0 Å². The molecule has 4 aromatic rings. The van der Waals surface area contributed by atoms with E-state index < -0.39 is 24.3 Å². The molecule has 0 aliphatic rings. The number of anilines is 2. The normalized spacial score (nSPS) is 10.5. The number of rotatable bonds is 15. The summed E-state index contributed by atoms with van der Waals surface area (Å²) < 4.78 is 48.5. The maximum Gasteiger partial charge on any atom is 0.490 e. The van der Waals surface area contributed by atoms with Crippen molar-refractivity contribution in [3.8, 4) is 17.1 Å². The molecular weight excluding hydrogens is 760 g/mol. The van der Waals surface area contributed by atoms with Crippen molar-refractivity contribution in [2.45, 2.75) is 51.9 Å². The van der Waals surface area contributed by atoms with Gasteiger partial charge < -0.3 is 50.8 Å². The van der Waals surface area contributed by atoms with Gasteiger partial charge >= 0.3 is 24.3 Å². The van der Waals surface area contributed by atoms with Crippen LogP contribution in [0.5, 0.6) is 5.75 Å². The zero-order chi connectivity index (χ0) is 37.2. The SMILES string of the molecule is CCCN(CCC)CCC(OC(=O)NCc1cccc(NC(=O)Nc2ccc(-c3cnco3)c(OC)c2)c1)c1ccccc1.F.F.F.O.O.O=C(O)C(F)(F)F. The number of oxazole rings is 1. The molecule has 3 amide bonds. The fourth-order valence-electron chi connectivity index (χ4n) is 4.95. The van der Waals surface area contributed by atoms with Gasteiger partial charge in [-0.05, 0) is 61.3 Å². The summed E-state index contributed by atoms with van der Waals surface area (Å²) in [5, 5.41) is 15.6. The molecule has 0 bridgehead atoms. The van der Waals surface area contributed by atoms with Gasteiger partial charge in [0.1, 0.15) is 11.9 Å². The summed E-state index contributed by atoms with van der Waals surface area (Å²) in [7, 11) is 1.55. The van der Waals surface area contributed by atoms with E-state index in [4.69, 9.17) is 23.8 Å². The Morgan fingerprint density at radius 1 is 0.875 bits per heavy atom. The fourth-order valence-corrected chi connectivity index (χ4v) is 4.95. The number of benzene rings is 3. The first-order chi connectivity index (χ1) is 24.4. The van der Waals surface area contributed by atoms with Crippen molar-refractivity contribution >= 4 is 29.5 Å². The number of nitrogens with one attached hydrogen (secondary N) is 3. The third-order valence-corrected chi connectivity index (χ3v) is 7.23. The topological polar surface area (TPSA) is 218 Å². The number of carbonyl (C=O) groups excluding carboxylic acids is 2. The van der Waals surface area contributed by atoms with Crippen LogP contribution in [-0.2, 0) is 16.1 Å². The maximum atomic E-state index is 12.9. The molecule has 20 heteroatoms. The predicted octanol–water partition coefficient (Wildman–Crippen LogP) is 6.92. The maximum absolute atomic E-state index is 12.9. The number of nitrogens with zero attached hydrogens (tertiary/aromatic N) is 2. The Morgan fingerprint density at radius 3 is 2.02 bits per heavy atom. The smallest absolute Gasteiger partial charge is 0.490 e. The Bertz CT molecular complexity index is 1680. The molecule has 14 nitrogen and oxygen atoms in total. The highest BCUT2D eigenvalue weighted by Crippen LogP contribution is 2.32. The van der Waals surface area contributed by atoms with Crippen LogP contribution in [0.2, 0.25) is 0 Å². The second-order valence-electron chi connectivity index (χ2n) is 11.2. The number of alkyl halides is 3. The van der Waals surface area contributed by atoms with Crippen LogP contribution in [0.1, 0.15) is 50.3 Å². The molecule has 0 aliphatic carbocycles. The van der Waals surface area contributed by atoms with Gasteiger partial charge in [-0.1, -0.05) is 56.3 Å². The van der Waals surface area contributed by atoms with Crippen LogP contribution in [0.15, 0.2) is 89.8 Å². The highest BCUT2D eigenvalue weighted by molar-refractivity contribution is 6.00. The minimum Gasteiger partial charge on any atom is -0.496 e. The largest absolute Gasteiger partial charge is 0.496 e. The first-order valence-electron chi connectivity index (χ1n) is 16.2. The summed E-state index contributed by atoms with van der Waals surface area (Å²) in [5.41, 5.74) is 3.63. The second-order valence-corrected chi connectivity index (χ2v) is 11.2. The molecule has 8 N–H and O–H groups in total. The van der Waals surface area contributed by atoms with Crippen molar-refractivity contribution in [2.75, 3.05) is 37.4 Å². The lowest BCUT2D eigenvalue weighted by atomic mass is 10.1. The first-order valence-corrected chi connectivity index (χ1v) is 16.2. The molecule has 0 saturated heterocycles. The quantitative estimate of drug-likeness (QED) is 0.0916. The Hall–Kier alpha value is -5.86. The second kappa shape index (κ2) is 27.7. The Balaban J connectivity index is -0.00000214. The monoisotopic (exact) mass is 809 g/mol. The van der Waals surface area contributed by atoms with Crippen LogP contribution < -0.4 is 20.7 Å². The summed E-state index contributed by atoms with van der Waals surface area (Å²) in [4.78, 5) is 40.8. The Kier molecular flexibility index (Phi) is 26.9. The number of carboxylic acids is 1. The third-order valence-electron chi connectivity index (χ3n) is 7.23. The van der Waals surface area contributed by atoms with Gasteiger partial charge in [0, 0.05) is 37.0 Å². The number of carboxylic acid groups (broad SMARTS) is 1. The van der Waals surface area contributed by atoms with Crippen LogP contribution in [0.25, 0.3) is 11.3 Å². The molecule has 1 unspecified atom stereocenters. The van der Waals surface area contributed by atoms with Gasteiger partial charge in [0.05, 0.1) is 18.9 Å². The lowest BCUT2D eigenvalue weighted by Gasteiger charge is -2.25. The van der Waals surface area contributed by atoms with Crippen molar-refractivity contribution in [3.05, 3.63) is 96.5 Å². The average molecular weight is 810 g/mol. The highest BCUT2D eigenvalue weighted by atomic mass is 19.4. The zero-order valence-corrected chi connectivity index (χ0v) is 30.8. The van der Waals surface area contributed by atoms with Crippen molar-refractivity contribution in [1.29, 1.82) is 0 Å². The number of hydrogen-bond acceptors (Lipinski definition) is 8. The average Bonchev–Trinajstić information content (AvgIpc) is 3.64. The summed E-state index contributed by atoms with van der Waals surface area (Å²) in [5.74, 6) is -1.66. The lowest BCUT2D eigenvalue weighted by Crippen LogP contribution is -2.30. The summed E-state index contributed by atoms with van der Waals surface area (Å²) in [6.07, 6.45) is -0.114. The van der Waals surface area contributed by atoms with E-state index in [0.29, 0.717) is 29.3 Å². The van der Waals surface area contributed by atoms with E-state index in [2.05, 4.69) is 39.7 Å². The number of methoxy groups -OCH3 is 1. The number of alkyl carbamates (subject to hydrolysis) is 1. The molecule has 0 fully saturated rings. The van der Waals surface area contributed by atoms with Crippen molar-refractivity contribution in [2.24, 2.45) is 0 Å². The van der Waals surface area contributed by atoms with E-state index in [1.165, 1.54) is 6.39 Å². The van der Waals surface area contributed by atoms with E-state index in [9.17, 15) is 22.8 Å². The lowest BCUT2D eigenvalue weighted by molar-refractivity contribution is -0.192. The summed E-state index contributed by atoms with van der Waals surface area (Å²) in [6, 6.07) is 21.9. The van der Waals surface area contributed by atoms with E-state index in [1.807, 2.05) is 42.5 Å². The zero-order valence-electron chi connectivity index (χ0n) is 30.8. The number of urea groups is 1. The predicted molar refractivity (Wildman–Crippen MR) is 200 cm³/mol. The van der Waals surface area contributed by atoms with Crippen LogP contribution >= 0.6 is 0 Å². The van der Waals surface area contributed by atoms with Crippen LogP contribution in [0.4, 0.5) is 48.2 Å². The molecule has 314 valence electrons. The molecule has 1 atom stereocenters. The number of ether oxygens (including phenoxy) is 2. The van der Waals surface area contributed by atoms with Crippen LogP contribution in [0, 0.1) is 0 Å². The van der Waals surface area contributed by atoms with Gasteiger partial charge in [-0.15, -0.1) is 0 Å². The highest BCUT2D eigenvalue weighted by Gasteiger charge is 2.38. The van der Waals surface area contributed by atoms with Gasteiger partial charge in [0.15, 0.2) is 12.2 Å². The van der Waals surface area contributed by atoms with Gasteiger partial charge in [0.2, 0.25) is 0 Å². The standard InChI is InChI=1S/C34H41N5O5.C2HF3O2.3FH.2H2O/c1-4-17-39(18-5-2)19-16-30(26-11-7-6-8-12-26)44-34(41)36-22-25-10-9-13-27(20-25)37-33(40)38-28-14-15-29(31(21-28)42-3)32-23-35-24-43-32;3-2(4,5)1(6)7;;;;;/h6-15,20-21,23-24,30H,4-5,16-19,22H2,1-3H3,(H,36,41)(H2,37,38,40);(H,6,7);3*1H;2*1H2. The molecule has 0 saturated carbocycles. The fraction of sp³-hybridized carbons (Fsp3) is 0.333. The van der Waals surface area contributed by atoms with Crippen LogP contribution in [-0.4, -0.2) is 77.0 Å². The molecular formula is C36H49F6N5O9. The molecule has 4 rings (SSSR count). The molecule has 0 aliphatic heterocycles. The molecule has 0 spiro atoms. The van der Waals surface area contributed by atoms with E-state index in [1.54, 1.807) is 43.6 Å². The molecule has 56 heavy (non-hydrogen) atoms. The number of carbonyl (C=O) groups is 3. The summed E-state index contributed by atoms with van der Waals surface area (Å²) >= 11 is 0. The first kappa shape index (κ1) is 54.5. The number of aromatic nitrogens is 1. The third kappa shape index (κ3) is 18.5. The number of hydrogen-bond donors (Lipinski definition) is 4. The summed E-state index contributed by atoms with van der Waals surface area (Å²) in [6.45, 7) is 7.49.